The molecule has 1 rings (SSSR count). The Hall–Kier alpha value is -1.66. The van der Waals surface area contributed by atoms with E-state index in [1.807, 2.05) is 0 Å². The third-order valence-corrected chi connectivity index (χ3v) is 1.78. The largest absolute Gasteiger partial charge is 0.471 e. The highest BCUT2D eigenvalue weighted by Gasteiger charge is 2.18. The lowest BCUT2D eigenvalue weighted by molar-refractivity contribution is 0.0773. The van der Waals surface area contributed by atoms with Crippen molar-refractivity contribution in [2.24, 2.45) is 12.8 Å². The monoisotopic (exact) mass is 218 g/mol. The minimum atomic E-state index is -2.57. The number of hydrogen-bond donors (Lipinski definition) is 2. The van der Waals surface area contributed by atoms with Crippen LogP contribution in [0.2, 0.25) is 0 Å². The van der Waals surface area contributed by atoms with E-state index in [2.05, 4.69) is 5.10 Å². The summed E-state index contributed by atoms with van der Waals surface area (Å²) in [4.78, 5) is 0. The zero-order valence-electron chi connectivity index (χ0n) is 8.42. The maximum atomic E-state index is 12.0. The van der Waals surface area contributed by atoms with Gasteiger partial charge in [0.05, 0.1) is 5.69 Å². The van der Waals surface area contributed by atoms with Crippen LogP contribution in [0, 0.1) is 12.3 Å². The number of halogens is 2. The van der Waals surface area contributed by atoms with Crippen molar-refractivity contribution < 1.29 is 13.5 Å². The highest BCUT2D eigenvalue weighted by atomic mass is 19.3. The molecule has 0 amide bonds. The van der Waals surface area contributed by atoms with Crippen LogP contribution in [0.3, 0.4) is 0 Å². The minimum Gasteiger partial charge on any atom is -0.471 e. The molecule has 0 bridgehead atoms. The van der Waals surface area contributed by atoms with Crippen LogP contribution in [0.1, 0.15) is 11.3 Å². The molecule has 1 aromatic heterocycles. The van der Waals surface area contributed by atoms with Crippen LogP contribution in [0.15, 0.2) is 0 Å². The number of amidine groups is 1. The van der Waals surface area contributed by atoms with Crippen molar-refractivity contribution in [3.05, 3.63) is 11.3 Å². The van der Waals surface area contributed by atoms with Gasteiger partial charge in [-0.05, 0) is 6.92 Å². The smallest absolute Gasteiger partial charge is 0.272 e. The van der Waals surface area contributed by atoms with Crippen LogP contribution in [0.25, 0.3) is 0 Å². The maximum absolute atomic E-state index is 12.0. The Kier molecular flexibility index (Phi) is 3.23. The van der Waals surface area contributed by atoms with E-state index < -0.39 is 13.0 Å². The third-order valence-electron chi connectivity index (χ3n) is 1.78. The van der Waals surface area contributed by atoms with E-state index in [-0.39, 0.29) is 17.3 Å². The number of alkyl halides is 2. The van der Waals surface area contributed by atoms with Crippen LogP contribution < -0.4 is 10.5 Å². The van der Waals surface area contributed by atoms with Crippen LogP contribution in [-0.2, 0) is 7.05 Å². The summed E-state index contributed by atoms with van der Waals surface area (Å²) in [5.74, 6) is -0.148. The highest BCUT2D eigenvalue weighted by Crippen LogP contribution is 2.20. The first-order valence-corrected chi connectivity index (χ1v) is 4.22. The van der Waals surface area contributed by atoms with Gasteiger partial charge in [0, 0.05) is 7.05 Å². The van der Waals surface area contributed by atoms with Gasteiger partial charge in [-0.1, -0.05) is 0 Å². The Labute approximate surface area is 85.3 Å². The first-order chi connectivity index (χ1) is 6.93. The number of nitrogens with one attached hydrogen (secondary N) is 1. The van der Waals surface area contributed by atoms with Gasteiger partial charge in [0.2, 0.25) is 5.88 Å². The van der Waals surface area contributed by atoms with Gasteiger partial charge >= 0.3 is 0 Å². The molecule has 1 heterocycles. The second kappa shape index (κ2) is 4.24. The van der Waals surface area contributed by atoms with Crippen LogP contribution in [0.4, 0.5) is 8.78 Å². The summed E-state index contributed by atoms with van der Waals surface area (Å²) in [7, 11) is 1.54. The third kappa shape index (κ3) is 2.42. The molecule has 3 N–H and O–H groups in total. The van der Waals surface area contributed by atoms with Crippen molar-refractivity contribution >= 4 is 5.84 Å². The average Bonchev–Trinajstić information content (AvgIpc) is 2.37. The summed E-state index contributed by atoms with van der Waals surface area (Å²) in [6.45, 7) is 0.894. The molecule has 0 saturated carbocycles. The summed E-state index contributed by atoms with van der Waals surface area (Å²) in [5.41, 5.74) is 6.04. The number of nitrogens with two attached hydrogens (primary N) is 1. The van der Waals surface area contributed by atoms with Crippen LogP contribution in [0.5, 0.6) is 5.88 Å². The van der Waals surface area contributed by atoms with Gasteiger partial charge in [-0.2, -0.15) is 5.10 Å². The Balaban J connectivity index is 2.99. The summed E-state index contributed by atoms with van der Waals surface area (Å²) in [6.07, 6.45) is -2.57. The maximum Gasteiger partial charge on any atom is 0.272 e. The standard InChI is InChI=1S/C8H12F2N4O/c1-4-6(7(11)12)8(14(2)13-4)15-3-5(9)10/h5H,3H2,1-2H3,(H3,11,12). The van der Waals surface area contributed by atoms with Crippen molar-refractivity contribution in [1.29, 1.82) is 5.41 Å². The zero-order chi connectivity index (χ0) is 11.6. The lowest BCUT2D eigenvalue weighted by Crippen LogP contribution is -2.16. The number of hydrogen-bond acceptors (Lipinski definition) is 3. The molecular weight excluding hydrogens is 206 g/mol. The summed E-state index contributed by atoms with van der Waals surface area (Å²) >= 11 is 0. The lowest BCUT2D eigenvalue weighted by Gasteiger charge is -2.07. The van der Waals surface area contributed by atoms with E-state index >= 15 is 0 Å². The van der Waals surface area contributed by atoms with Gasteiger partial charge in [-0.15, -0.1) is 0 Å². The normalized spacial score (nSPS) is 10.7. The molecule has 0 atom stereocenters. The van der Waals surface area contributed by atoms with E-state index in [0.717, 1.165) is 0 Å². The fraction of sp³-hybridized carbons (Fsp3) is 0.500. The van der Waals surface area contributed by atoms with Crippen molar-refractivity contribution in [2.75, 3.05) is 6.61 Å². The van der Waals surface area contributed by atoms with E-state index in [1.165, 1.54) is 4.68 Å². The lowest BCUT2D eigenvalue weighted by atomic mass is 10.2. The van der Waals surface area contributed by atoms with Gasteiger partial charge in [0.15, 0.2) is 6.61 Å². The molecule has 0 radical (unpaired) electrons. The van der Waals surface area contributed by atoms with Crippen molar-refractivity contribution in [1.82, 2.24) is 9.78 Å². The minimum absolute atomic E-state index is 0.0975. The molecule has 0 aliphatic heterocycles. The highest BCUT2D eigenvalue weighted by molar-refractivity contribution is 5.98. The molecular formula is C8H12F2N4O. The summed E-state index contributed by atoms with van der Waals surface area (Å²) in [5, 5.41) is 11.2. The fourth-order valence-electron chi connectivity index (χ4n) is 1.25. The zero-order valence-corrected chi connectivity index (χ0v) is 8.42. The molecule has 0 saturated heterocycles. The quantitative estimate of drug-likeness (QED) is 0.575. The summed E-state index contributed by atoms with van der Waals surface area (Å²) < 4.78 is 30.0. The van der Waals surface area contributed by atoms with Gasteiger partial charge < -0.3 is 10.5 Å². The topological polar surface area (TPSA) is 76.9 Å². The summed E-state index contributed by atoms with van der Waals surface area (Å²) in [6, 6.07) is 0. The van der Waals surface area contributed by atoms with Crippen molar-refractivity contribution in [3.8, 4) is 5.88 Å². The SMILES string of the molecule is Cc1nn(C)c(OCC(F)F)c1C(=N)N. The number of rotatable bonds is 4. The number of nitrogens with zero attached hydrogens (tertiary/aromatic N) is 2. The number of ether oxygens (including phenoxy) is 1. The fourth-order valence-corrected chi connectivity index (χ4v) is 1.25. The molecule has 0 aromatic carbocycles. The van der Waals surface area contributed by atoms with E-state index in [4.69, 9.17) is 15.9 Å². The van der Waals surface area contributed by atoms with Crippen molar-refractivity contribution in [2.45, 2.75) is 13.3 Å². The van der Waals surface area contributed by atoms with Crippen LogP contribution >= 0.6 is 0 Å². The molecule has 5 nitrogen and oxygen atoms in total. The Bertz CT molecular complexity index is 375. The predicted molar refractivity (Wildman–Crippen MR) is 50.5 cm³/mol. The van der Waals surface area contributed by atoms with Gasteiger partial charge in [-0.25, -0.2) is 13.5 Å². The Morgan fingerprint density at radius 2 is 2.27 bits per heavy atom. The molecule has 15 heavy (non-hydrogen) atoms. The molecule has 0 unspecified atom stereocenters. The molecule has 0 fully saturated rings. The number of nitrogen functional groups attached to an aromatic ring is 1. The molecule has 0 aliphatic carbocycles. The van der Waals surface area contributed by atoms with Gasteiger partial charge in [-0.3, -0.25) is 5.41 Å². The number of aryl methyl sites for hydroxylation is 2. The van der Waals surface area contributed by atoms with Gasteiger partial charge in [0.1, 0.15) is 11.4 Å². The van der Waals surface area contributed by atoms with Crippen LogP contribution in [-0.4, -0.2) is 28.6 Å². The number of aromatic nitrogens is 2. The van der Waals surface area contributed by atoms with Crippen molar-refractivity contribution in [3.63, 3.8) is 0 Å². The molecule has 0 aliphatic rings. The second-order valence-electron chi connectivity index (χ2n) is 3.00. The Morgan fingerprint density at radius 3 is 2.73 bits per heavy atom. The average molecular weight is 218 g/mol. The first kappa shape index (κ1) is 11.4. The second-order valence-corrected chi connectivity index (χ2v) is 3.00. The molecule has 84 valence electrons. The molecule has 7 heteroatoms. The van der Waals surface area contributed by atoms with E-state index in [9.17, 15) is 8.78 Å². The predicted octanol–water partition coefficient (Wildman–Crippen LogP) is 0.656. The molecule has 1 aromatic rings. The van der Waals surface area contributed by atoms with Gasteiger partial charge in [0.25, 0.3) is 6.43 Å². The molecule has 0 spiro atoms. The van der Waals surface area contributed by atoms with E-state index in [0.29, 0.717) is 5.69 Å². The Morgan fingerprint density at radius 1 is 1.67 bits per heavy atom. The first-order valence-electron chi connectivity index (χ1n) is 4.22. The van der Waals surface area contributed by atoms with E-state index in [1.54, 1.807) is 14.0 Å².